The molecule has 14 aromatic carbocycles. The molecule has 0 bridgehead atoms. The van der Waals surface area contributed by atoms with Gasteiger partial charge in [0.25, 0.3) is 0 Å². The fourth-order valence-corrected chi connectivity index (χ4v) is 11.4. The van der Waals surface area contributed by atoms with Gasteiger partial charge in [0.2, 0.25) is 0 Å². The summed E-state index contributed by atoms with van der Waals surface area (Å²) in [6.07, 6.45) is 0. The van der Waals surface area contributed by atoms with Crippen LogP contribution in [0, 0.1) is 0 Å². The molecule has 0 spiro atoms. The van der Waals surface area contributed by atoms with Gasteiger partial charge < -0.3 is 0 Å². The summed E-state index contributed by atoms with van der Waals surface area (Å²) in [4.78, 5) is 0. The second-order valence-corrected chi connectivity index (χ2v) is 18.3. The molecule has 0 radical (unpaired) electrons. The molecule has 0 heteroatoms. The summed E-state index contributed by atoms with van der Waals surface area (Å²) in [5.74, 6) is 0. The lowest BCUT2D eigenvalue weighted by Gasteiger charge is -2.23. The summed E-state index contributed by atoms with van der Waals surface area (Å²) in [7, 11) is 0. The Morgan fingerprint density at radius 1 is 0.147 bits per heavy atom. The van der Waals surface area contributed by atoms with Crippen LogP contribution in [-0.2, 0) is 0 Å². The van der Waals surface area contributed by atoms with E-state index in [1.54, 1.807) is 0 Å². The molecule has 68 heavy (non-hydrogen) atoms. The van der Waals surface area contributed by atoms with Crippen molar-refractivity contribution in [1.29, 1.82) is 0 Å². The summed E-state index contributed by atoms with van der Waals surface area (Å²) in [5, 5.41) is 17.6. The first-order valence-corrected chi connectivity index (χ1v) is 23.7. The Morgan fingerprint density at radius 3 is 0.882 bits per heavy atom. The monoisotopic (exact) mass is 858 g/mol. The zero-order chi connectivity index (χ0) is 44.7. The minimum absolute atomic E-state index is 1.21. The van der Waals surface area contributed by atoms with E-state index in [2.05, 4.69) is 255 Å². The molecule has 14 aromatic rings. The first-order valence-electron chi connectivity index (χ1n) is 23.7. The van der Waals surface area contributed by atoms with Gasteiger partial charge >= 0.3 is 0 Å². The van der Waals surface area contributed by atoms with Crippen LogP contribution in [0.5, 0.6) is 0 Å². The molecule has 314 valence electrons. The van der Waals surface area contributed by atoms with Crippen molar-refractivity contribution in [3.63, 3.8) is 0 Å². The van der Waals surface area contributed by atoms with E-state index in [1.165, 1.54) is 142 Å². The molecule has 0 saturated heterocycles. The average Bonchev–Trinajstić information content (AvgIpc) is 3.41. The Bertz CT molecular complexity index is 4010. The molecular weight excluding hydrogens is 817 g/mol. The number of rotatable bonds is 6. The minimum Gasteiger partial charge on any atom is -0.0622 e. The summed E-state index contributed by atoms with van der Waals surface area (Å²) >= 11 is 0. The second kappa shape index (κ2) is 15.4. The SMILES string of the molecule is c1ccc(-c2ccc(-c3cc(-c4ccc5ccccc5c4)c4ccc5c(-c6ccc(-c7ccccc7)c7ccccc67)cc(-c6ccc7ccccc7c6)c6ccc3c4c65)c3ccccc23)cc1. The van der Waals surface area contributed by atoms with Crippen LogP contribution in [0.3, 0.4) is 0 Å². The fourth-order valence-electron chi connectivity index (χ4n) is 11.4. The van der Waals surface area contributed by atoms with Crippen LogP contribution in [0.25, 0.3) is 142 Å². The summed E-state index contributed by atoms with van der Waals surface area (Å²) < 4.78 is 0. The lowest BCUT2D eigenvalue weighted by atomic mass is 9.80. The van der Waals surface area contributed by atoms with Crippen LogP contribution in [0.4, 0.5) is 0 Å². The van der Waals surface area contributed by atoms with E-state index in [0.29, 0.717) is 0 Å². The summed E-state index contributed by atoms with van der Waals surface area (Å²) in [6, 6.07) is 95.0. The highest BCUT2D eigenvalue weighted by atomic mass is 14.3. The van der Waals surface area contributed by atoms with Gasteiger partial charge in [0, 0.05) is 0 Å². The Labute approximate surface area is 395 Å². The molecule has 0 fully saturated rings. The topological polar surface area (TPSA) is 0 Å². The lowest BCUT2D eigenvalue weighted by Crippen LogP contribution is -1.95. The normalized spacial score (nSPS) is 11.8. The Kier molecular flexibility index (Phi) is 8.69. The van der Waals surface area contributed by atoms with Crippen molar-refractivity contribution in [2.75, 3.05) is 0 Å². The van der Waals surface area contributed by atoms with Gasteiger partial charge in [0.05, 0.1) is 0 Å². The highest BCUT2D eigenvalue weighted by molar-refractivity contribution is 6.33. The Morgan fingerprint density at radius 2 is 0.471 bits per heavy atom. The van der Waals surface area contributed by atoms with Crippen LogP contribution < -0.4 is 0 Å². The molecule has 0 aliphatic rings. The first kappa shape index (κ1) is 38.4. The van der Waals surface area contributed by atoms with Gasteiger partial charge in [-0.15, -0.1) is 0 Å². The molecule has 14 rings (SSSR count). The van der Waals surface area contributed by atoms with Gasteiger partial charge in [0.15, 0.2) is 0 Å². The van der Waals surface area contributed by atoms with Gasteiger partial charge in [-0.3, -0.25) is 0 Å². The van der Waals surface area contributed by atoms with E-state index in [9.17, 15) is 0 Å². The summed E-state index contributed by atoms with van der Waals surface area (Å²) in [6.45, 7) is 0. The first-order chi connectivity index (χ1) is 33.7. The van der Waals surface area contributed by atoms with Crippen molar-refractivity contribution >= 4 is 75.4 Å². The van der Waals surface area contributed by atoms with E-state index >= 15 is 0 Å². The number of hydrogen-bond donors (Lipinski definition) is 0. The Balaban J connectivity index is 1.13. The maximum Gasteiger partial charge on any atom is -0.00139 e. The minimum atomic E-state index is 1.21. The fraction of sp³-hybridized carbons (Fsp3) is 0. The highest BCUT2D eigenvalue weighted by Gasteiger charge is 2.23. The predicted octanol–water partition coefficient (Wildman–Crippen LogP) is 19.2. The van der Waals surface area contributed by atoms with Crippen molar-refractivity contribution in [3.8, 4) is 66.8 Å². The molecule has 0 saturated carbocycles. The lowest BCUT2D eigenvalue weighted by molar-refractivity contribution is 1.63. The number of benzene rings is 14. The summed E-state index contributed by atoms with van der Waals surface area (Å²) in [5.41, 5.74) is 14.8. The Hall–Kier alpha value is -8.84. The van der Waals surface area contributed by atoms with Crippen LogP contribution in [0.2, 0.25) is 0 Å². The van der Waals surface area contributed by atoms with Gasteiger partial charge in [0.1, 0.15) is 0 Å². The third kappa shape index (κ3) is 6.01. The standard InChI is InChI=1S/C68H42/c1-3-17-45(18-4-1)51-31-33-57(55-25-13-11-23-53(51)55)65-41-63(49-29-27-43-15-7-9-21-47(43)39-49)59-36-38-62-66(58-34-32-52(46-19-5-2-6-20-46)54-24-12-14-26-56(54)58)42-64(60-35-37-61(65)67(59)68(60)62)50-30-28-44-16-8-10-22-48(44)40-50/h1-42H. The number of fused-ring (bicyclic) bond motifs is 4. The van der Waals surface area contributed by atoms with Gasteiger partial charge in [-0.2, -0.15) is 0 Å². The van der Waals surface area contributed by atoms with Crippen LogP contribution >= 0.6 is 0 Å². The number of hydrogen-bond acceptors (Lipinski definition) is 0. The van der Waals surface area contributed by atoms with Gasteiger partial charge in [-0.05, 0) is 166 Å². The molecule has 0 nitrogen and oxygen atoms in total. The second-order valence-electron chi connectivity index (χ2n) is 18.3. The van der Waals surface area contributed by atoms with E-state index in [-0.39, 0.29) is 0 Å². The zero-order valence-electron chi connectivity index (χ0n) is 37.2. The molecular formula is C68H42. The van der Waals surface area contributed by atoms with Crippen LogP contribution in [0.15, 0.2) is 255 Å². The van der Waals surface area contributed by atoms with E-state index in [0.717, 1.165) is 0 Å². The zero-order valence-corrected chi connectivity index (χ0v) is 37.2. The molecule has 0 amide bonds. The quantitative estimate of drug-likeness (QED) is 0.146. The third-order valence-corrected chi connectivity index (χ3v) is 14.6. The van der Waals surface area contributed by atoms with E-state index in [4.69, 9.17) is 0 Å². The van der Waals surface area contributed by atoms with E-state index < -0.39 is 0 Å². The predicted molar refractivity (Wildman–Crippen MR) is 293 cm³/mol. The molecule has 0 aliphatic heterocycles. The van der Waals surface area contributed by atoms with Crippen molar-refractivity contribution in [1.82, 2.24) is 0 Å². The molecule has 0 heterocycles. The molecule has 0 unspecified atom stereocenters. The van der Waals surface area contributed by atoms with Gasteiger partial charge in [-0.1, -0.05) is 231 Å². The molecule has 0 aromatic heterocycles. The van der Waals surface area contributed by atoms with E-state index in [1.807, 2.05) is 0 Å². The van der Waals surface area contributed by atoms with Crippen LogP contribution in [-0.4, -0.2) is 0 Å². The van der Waals surface area contributed by atoms with Crippen molar-refractivity contribution in [3.05, 3.63) is 255 Å². The van der Waals surface area contributed by atoms with Gasteiger partial charge in [-0.25, -0.2) is 0 Å². The maximum absolute atomic E-state index is 2.48. The molecule has 0 aliphatic carbocycles. The average molecular weight is 859 g/mol. The largest absolute Gasteiger partial charge is 0.0622 e. The third-order valence-electron chi connectivity index (χ3n) is 14.6. The maximum atomic E-state index is 2.48. The molecule has 0 atom stereocenters. The molecule has 0 N–H and O–H groups in total. The van der Waals surface area contributed by atoms with Crippen LogP contribution in [0.1, 0.15) is 0 Å². The van der Waals surface area contributed by atoms with Crippen molar-refractivity contribution < 1.29 is 0 Å². The van der Waals surface area contributed by atoms with Crippen molar-refractivity contribution in [2.45, 2.75) is 0 Å². The van der Waals surface area contributed by atoms with Crippen molar-refractivity contribution in [2.24, 2.45) is 0 Å². The smallest absolute Gasteiger partial charge is 0.00139 e. The highest BCUT2D eigenvalue weighted by Crippen LogP contribution is 2.51.